The average Bonchev–Trinajstić information content (AvgIpc) is 3.05. The lowest BCUT2D eigenvalue weighted by Gasteiger charge is -2.27. The van der Waals surface area contributed by atoms with Gasteiger partial charge in [0.15, 0.2) is 0 Å². The molecule has 1 aliphatic heterocycles. The van der Waals surface area contributed by atoms with Crippen molar-refractivity contribution in [3.63, 3.8) is 0 Å². The molecule has 1 aromatic carbocycles. The highest BCUT2D eigenvalue weighted by atomic mass is 32.1. The molecule has 2 heterocycles. The van der Waals surface area contributed by atoms with Gasteiger partial charge in [-0.05, 0) is 44.0 Å². The molecular formula is C17H20N2OS. The Hall–Kier alpha value is -1.39. The van der Waals surface area contributed by atoms with Gasteiger partial charge in [-0.3, -0.25) is 4.90 Å². The van der Waals surface area contributed by atoms with Crippen molar-refractivity contribution in [2.24, 2.45) is 0 Å². The number of hydrogen-bond donors (Lipinski definition) is 0. The Balaban J connectivity index is 1.32. The van der Waals surface area contributed by atoms with E-state index in [1.807, 2.05) is 6.92 Å². The maximum absolute atomic E-state index is 5.92. The summed E-state index contributed by atoms with van der Waals surface area (Å²) in [4.78, 5) is 7.09. The highest BCUT2D eigenvalue weighted by Gasteiger charge is 2.42. The van der Waals surface area contributed by atoms with Gasteiger partial charge in [-0.2, -0.15) is 0 Å². The van der Waals surface area contributed by atoms with E-state index in [2.05, 4.69) is 39.5 Å². The molecule has 21 heavy (non-hydrogen) atoms. The average molecular weight is 300 g/mol. The minimum absolute atomic E-state index is 0.649. The number of hydrogen-bond acceptors (Lipinski definition) is 4. The summed E-state index contributed by atoms with van der Waals surface area (Å²) in [6.07, 6.45) is 4.18. The summed E-state index contributed by atoms with van der Waals surface area (Å²) in [5.74, 6) is 0.964. The quantitative estimate of drug-likeness (QED) is 0.787. The maximum atomic E-state index is 5.92. The molecule has 4 rings (SSSR count). The Kier molecular flexibility index (Phi) is 3.43. The molecule has 0 N–H and O–H groups in total. The smallest absolute Gasteiger partial charge is 0.119 e. The maximum Gasteiger partial charge on any atom is 0.119 e. The van der Waals surface area contributed by atoms with E-state index >= 15 is 0 Å². The van der Waals surface area contributed by atoms with Gasteiger partial charge in [0.05, 0.1) is 16.7 Å². The minimum atomic E-state index is 0.649. The predicted molar refractivity (Wildman–Crippen MR) is 85.9 cm³/mol. The van der Waals surface area contributed by atoms with Crippen molar-refractivity contribution in [1.29, 1.82) is 0 Å². The number of nitrogens with zero attached hydrogens (tertiary/aromatic N) is 2. The molecule has 1 saturated heterocycles. The Morgan fingerprint density at radius 2 is 2.10 bits per heavy atom. The minimum Gasteiger partial charge on any atom is -0.492 e. The van der Waals surface area contributed by atoms with Crippen LogP contribution in [0.1, 0.15) is 24.3 Å². The third-order valence-corrected chi connectivity index (χ3v) is 5.29. The van der Waals surface area contributed by atoms with E-state index in [4.69, 9.17) is 4.74 Å². The second-order valence-electron chi connectivity index (χ2n) is 6.02. The monoisotopic (exact) mass is 300 g/mol. The third kappa shape index (κ3) is 2.83. The van der Waals surface area contributed by atoms with Crippen molar-refractivity contribution >= 4 is 11.3 Å². The van der Waals surface area contributed by atoms with E-state index < -0.39 is 0 Å². The summed E-state index contributed by atoms with van der Waals surface area (Å²) in [7, 11) is 0. The van der Waals surface area contributed by atoms with Gasteiger partial charge in [0, 0.05) is 23.5 Å². The largest absolute Gasteiger partial charge is 0.492 e. The molecule has 3 nitrogen and oxygen atoms in total. The standard InChI is InChI=1S/C17H20N2OS/c1-12-18-17(11-21-12)13-5-7-16(8-6-13)20-10-15-9-19(15)14-3-2-4-14/h5-8,11,14-15H,2-4,9-10H2,1H3. The zero-order valence-electron chi connectivity index (χ0n) is 12.3. The van der Waals surface area contributed by atoms with Gasteiger partial charge >= 0.3 is 0 Å². The van der Waals surface area contributed by atoms with E-state index in [0.717, 1.165) is 34.7 Å². The molecule has 2 aromatic rings. The first kappa shape index (κ1) is 13.3. The number of ether oxygens (including phenoxy) is 1. The van der Waals surface area contributed by atoms with Gasteiger partial charge in [-0.25, -0.2) is 4.98 Å². The molecule has 0 spiro atoms. The van der Waals surface area contributed by atoms with Gasteiger partial charge in [0.2, 0.25) is 0 Å². The summed E-state index contributed by atoms with van der Waals surface area (Å²) >= 11 is 1.69. The van der Waals surface area contributed by atoms with Crippen LogP contribution in [0.5, 0.6) is 5.75 Å². The number of aromatic nitrogens is 1. The first-order valence-electron chi connectivity index (χ1n) is 7.71. The topological polar surface area (TPSA) is 25.1 Å². The van der Waals surface area contributed by atoms with Crippen molar-refractivity contribution in [3.05, 3.63) is 34.7 Å². The second kappa shape index (κ2) is 5.43. The summed E-state index contributed by atoms with van der Waals surface area (Å²) in [5.41, 5.74) is 2.22. The van der Waals surface area contributed by atoms with Gasteiger partial charge in [-0.1, -0.05) is 6.42 Å². The fourth-order valence-electron chi connectivity index (χ4n) is 2.92. The highest BCUT2D eigenvalue weighted by Crippen LogP contribution is 2.34. The van der Waals surface area contributed by atoms with Crippen LogP contribution >= 0.6 is 11.3 Å². The van der Waals surface area contributed by atoms with Gasteiger partial charge in [-0.15, -0.1) is 11.3 Å². The lowest BCUT2D eigenvalue weighted by atomic mass is 9.93. The molecule has 0 amide bonds. The van der Waals surface area contributed by atoms with Crippen LogP contribution in [0.25, 0.3) is 11.3 Å². The SMILES string of the molecule is Cc1nc(-c2ccc(OCC3CN3C3CCC3)cc2)cs1. The fraction of sp³-hybridized carbons (Fsp3) is 0.471. The molecule has 0 radical (unpaired) electrons. The van der Waals surface area contributed by atoms with Gasteiger partial charge in [0.25, 0.3) is 0 Å². The molecule has 2 aliphatic rings. The Bertz CT molecular complexity index is 618. The normalized spacial score (nSPS) is 24.6. The zero-order valence-corrected chi connectivity index (χ0v) is 13.1. The Labute approximate surface area is 129 Å². The van der Waals surface area contributed by atoms with E-state index in [1.165, 1.54) is 25.8 Å². The molecule has 4 heteroatoms. The fourth-order valence-corrected chi connectivity index (χ4v) is 3.54. The summed E-state index contributed by atoms with van der Waals surface area (Å²) in [5, 5.41) is 3.21. The number of aryl methyl sites for hydroxylation is 1. The van der Waals surface area contributed by atoms with E-state index in [-0.39, 0.29) is 0 Å². The van der Waals surface area contributed by atoms with Gasteiger partial charge < -0.3 is 4.74 Å². The van der Waals surface area contributed by atoms with Crippen LogP contribution in [0.2, 0.25) is 0 Å². The summed E-state index contributed by atoms with van der Waals surface area (Å²) in [6.45, 7) is 4.08. The van der Waals surface area contributed by atoms with E-state index in [1.54, 1.807) is 11.3 Å². The molecule has 2 fully saturated rings. The first-order valence-corrected chi connectivity index (χ1v) is 8.59. The Morgan fingerprint density at radius 1 is 1.29 bits per heavy atom. The van der Waals surface area contributed by atoms with Crippen LogP contribution in [0.4, 0.5) is 0 Å². The zero-order chi connectivity index (χ0) is 14.2. The molecule has 0 bridgehead atoms. The molecule has 2 atom stereocenters. The number of thiazole rings is 1. The predicted octanol–water partition coefficient (Wildman–Crippen LogP) is 3.73. The third-order valence-electron chi connectivity index (χ3n) is 4.51. The van der Waals surface area contributed by atoms with Crippen molar-refractivity contribution in [2.45, 2.75) is 38.3 Å². The van der Waals surface area contributed by atoms with Crippen LogP contribution in [-0.4, -0.2) is 35.1 Å². The van der Waals surface area contributed by atoms with Crippen molar-refractivity contribution in [1.82, 2.24) is 9.88 Å². The van der Waals surface area contributed by atoms with E-state index in [9.17, 15) is 0 Å². The van der Waals surface area contributed by atoms with Crippen molar-refractivity contribution in [3.8, 4) is 17.0 Å². The molecule has 1 aliphatic carbocycles. The molecular weight excluding hydrogens is 280 g/mol. The number of rotatable bonds is 5. The lowest BCUT2D eigenvalue weighted by Crippen LogP contribution is -2.29. The van der Waals surface area contributed by atoms with Crippen LogP contribution in [0.15, 0.2) is 29.6 Å². The van der Waals surface area contributed by atoms with Crippen LogP contribution < -0.4 is 4.74 Å². The van der Waals surface area contributed by atoms with Crippen molar-refractivity contribution in [2.75, 3.05) is 13.2 Å². The van der Waals surface area contributed by atoms with E-state index in [0.29, 0.717) is 6.04 Å². The molecule has 110 valence electrons. The lowest BCUT2D eigenvalue weighted by molar-refractivity contribution is 0.215. The summed E-state index contributed by atoms with van der Waals surface area (Å²) < 4.78 is 5.92. The highest BCUT2D eigenvalue weighted by molar-refractivity contribution is 7.09. The number of benzene rings is 1. The Morgan fingerprint density at radius 3 is 2.71 bits per heavy atom. The molecule has 2 unspecified atom stereocenters. The summed E-state index contributed by atoms with van der Waals surface area (Å²) in [6, 6.07) is 9.81. The van der Waals surface area contributed by atoms with Crippen LogP contribution in [0.3, 0.4) is 0 Å². The van der Waals surface area contributed by atoms with Crippen molar-refractivity contribution < 1.29 is 4.74 Å². The molecule has 1 saturated carbocycles. The van der Waals surface area contributed by atoms with Crippen LogP contribution in [-0.2, 0) is 0 Å². The van der Waals surface area contributed by atoms with Gasteiger partial charge in [0.1, 0.15) is 12.4 Å². The van der Waals surface area contributed by atoms with Crippen LogP contribution in [0, 0.1) is 6.92 Å². The second-order valence-corrected chi connectivity index (χ2v) is 7.08. The first-order chi connectivity index (χ1) is 10.3. The molecule has 1 aromatic heterocycles.